The van der Waals surface area contributed by atoms with Gasteiger partial charge in [0, 0.05) is 39.1 Å². The molecule has 12 aromatic rings. The zero-order chi connectivity index (χ0) is 33.2. The number of hydrogen-bond donors (Lipinski definition) is 0. The van der Waals surface area contributed by atoms with Gasteiger partial charge in [0.1, 0.15) is 33.7 Å². The Morgan fingerprint density at radius 1 is 0.423 bits per heavy atom. The Balaban J connectivity index is 1.30. The standard InChI is InChI=1S/C47H24N4O/c1-4-14-30-29(13-1)33-17-19-37-41-43(33)50-35(30)23-25-9-7-21-48(45(25)50)47(41)42-38(52-37)20-18-34-39-31-15-5-2-11-27(31)28-12-3-6-16-32(28)40(39)36-24-26-10-8-22-49(47)46(26)51(36)44(34)42/h1-24H/q+2. The molecule has 0 saturated carbocycles. The molecule has 1 spiro atoms. The molecule has 0 fully saturated rings. The average molecular weight is 661 g/mol. The van der Waals surface area contributed by atoms with Crippen molar-refractivity contribution < 1.29 is 13.9 Å². The van der Waals surface area contributed by atoms with Crippen molar-refractivity contribution in [2.45, 2.75) is 5.66 Å². The Morgan fingerprint density at radius 3 is 1.58 bits per heavy atom. The average Bonchev–Trinajstić information content (AvgIpc) is 3.79. The van der Waals surface area contributed by atoms with Gasteiger partial charge >= 0.3 is 5.66 Å². The van der Waals surface area contributed by atoms with E-state index in [4.69, 9.17) is 4.74 Å². The van der Waals surface area contributed by atoms with Gasteiger partial charge < -0.3 is 4.74 Å². The zero-order valence-electron chi connectivity index (χ0n) is 27.6. The molecule has 6 aromatic carbocycles. The van der Waals surface area contributed by atoms with Crippen molar-refractivity contribution in [3.63, 3.8) is 0 Å². The van der Waals surface area contributed by atoms with Crippen LogP contribution in [0.5, 0.6) is 11.5 Å². The van der Waals surface area contributed by atoms with E-state index in [2.05, 4.69) is 164 Å². The fraction of sp³-hybridized carbons (Fsp3) is 0.0213. The molecule has 1 atom stereocenters. The van der Waals surface area contributed by atoms with Crippen LogP contribution in [0.2, 0.25) is 0 Å². The Bertz CT molecular complexity index is 3790. The third-order valence-electron chi connectivity index (χ3n) is 12.8. The van der Waals surface area contributed by atoms with Crippen molar-refractivity contribution in [2.24, 2.45) is 0 Å². The Labute approximate surface area is 293 Å². The number of hydrogen-bond acceptors (Lipinski definition) is 1. The SMILES string of the molecule is c1ccc2c(c1)c1ccccc1c1c2c2ccc3c4c2n2c1cc1ccc[n+](c12)C41c2c(ccc4c5ccccc5c5cc6ccc[n+]1c6n5c24)O3. The molecule has 0 bridgehead atoms. The number of fused-ring (bicyclic) bond motifs is 11. The first-order chi connectivity index (χ1) is 25.8. The van der Waals surface area contributed by atoms with E-state index in [1.165, 1.54) is 109 Å². The lowest BCUT2D eigenvalue weighted by molar-refractivity contribution is -0.953. The van der Waals surface area contributed by atoms with E-state index in [0.717, 1.165) is 11.5 Å². The molecule has 52 heavy (non-hydrogen) atoms. The summed E-state index contributed by atoms with van der Waals surface area (Å²) < 4.78 is 17.3. The lowest BCUT2D eigenvalue weighted by Gasteiger charge is -2.39. The summed E-state index contributed by atoms with van der Waals surface area (Å²) in [5.41, 5.74) is 8.87. The molecule has 0 aliphatic carbocycles. The van der Waals surface area contributed by atoms with Crippen LogP contribution in [-0.4, -0.2) is 8.80 Å². The number of aromatic nitrogens is 4. The maximum absolute atomic E-state index is 7.16. The van der Waals surface area contributed by atoms with Crippen LogP contribution in [0.4, 0.5) is 0 Å². The second-order valence-corrected chi connectivity index (χ2v) is 14.9. The van der Waals surface area contributed by atoms with Gasteiger partial charge in [-0.05, 0) is 75.5 Å². The van der Waals surface area contributed by atoms with Crippen LogP contribution in [0, 0.1) is 0 Å². The van der Waals surface area contributed by atoms with Crippen molar-refractivity contribution >= 4 is 98.0 Å². The van der Waals surface area contributed by atoms with E-state index in [1.54, 1.807) is 0 Å². The van der Waals surface area contributed by atoms with Gasteiger partial charge in [0.2, 0.25) is 0 Å². The quantitative estimate of drug-likeness (QED) is 0.117. The van der Waals surface area contributed by atoms with E-state index in [0.29, 0.717) is 0 Å². The van der Waals surface area contributed by atoms with E-state index in [9.17, 15) is 0 Å². The summed E-state index contributed by atoms with van der Waals surface area (Å²) in [5, 5.41) is 15.2. The summed E-state index contributed by atoms with van der Waals surface area (Å²) in [6.07, 6.45) is 4.61. The van der Waals surface area contributed by atoms with Gasteiger partial charge in [0.05, 0.1) is 23.2 Å². The Hall–Kier alpha value is -6.98. The minimum absolute atomic E-state index is 0.758. The van der Waals surface area contributed by atoms with Crippen molar-refractivity contribution in [3.8, 4) is 11.5 Å². The van der Waals surface area contributed by atoms with Crippen LogP contribution >= 0.6 is 0 Å². The fourth-order valence-corrected chi connectivity index (χ4v) is 11.1. The van der Waals surface area contributed by atoms with Gasteiger partial charge in [-0.3, -0.25) is 0 Å². The minimum atomic E-state index is -0.758. The summed E-state index contributed by atoms with van der Waals surface area (Å²) in [6, 6.07) is 49.6. The molecule has 0 amide bonds. The molecule has 5 nitrogen and oxygen atoms in total. The first-order valence-corrected chi connectivity index (χ1v) is 18.0. The molecule has 236 valence electrons. The second-order valence-electron chi connectivity index (χ2n) is 14.9. The molecule has 15 rings (SSSR count). The van der Waals surface area contributed by atoms with Gasteiger partial charge in [-0.1, -0.05) is 72.8 Å². The lowest BCUT2D eigenvalue weighted by Crippen LogP contribution is -2.77. The number of ether oxygens (including phenoxy) is 1. The van der Waals surface area contributed by atoms with Gasteiger partial charge in [-0.2, -0.15) is 17.9 Å². The summed E-state index contributed by atoms with van der Waals surface area (Å²) in [6.45, 7) is 0. The van der Waals surface area contributed by atoms with E-state index < -0.39 is 5.66 Å². The molecule has 9 heterocycles. The van der Waals surface area contributed by atoms with E-state index in [-0.39, 0.29) is 0 Å². The van der Waals surface area contributed by atoms with Crippen molar-refractivity contribution in [2.75, 3.05) is 0 Å². The molecule has 0 radical (unpaired) electrons. The van der Waals surface area contributed by atoms with Crippen LogP contribution in [0.15, 0.2) is 146 Å². The third kappa shape index (κ3) is 2.34. The Kier molecular flexibility index (Phi) is 3.77. The predicted molar refractivity (Wildman–Crippen MR) is 207 cm³/mol. The normalized spacial score (nSPS) is 16.7. The predicted octanol–water partition coefficient (Wildman–Crippen LogP) is 10.0. The second kappa shape index (κ2) is 7.83. The molecule has 6 aromatic heterocycles. The molecule has 0 N–H and O–H groups in total. The summed E-state index contributed by atoms with van der Waals surface area (Å²) in [4.78, 5) is 0. The fourth-order valence-electron chi connectivity index (χ4n) is 11.1. The van der Waals surface area contributed by atoms with E-state index in [1.807, 2.05) is 0 Å². The van der Waals surface area contributed by atoms with Crippen LogP contribution in [0.1, 0.15) is 11.1 Å². The first kappa shape index (κ1) is 25.0. The van der Waals surface area contributed by atoms with Crippen molar-refractivity contribution in [1.29, 1.82) is 0 Å². The molecular weight excluding hydrogens is 637 g/mol. The molecule has 3 aliphatic heterocycles. The summed E-state index contributed by atoms with van der Waals surface area (Å²) >= 11 is 0. The van der Waals surface area contributed by atoms with Gasteiger partial charge in [0.25, 0.3) is 11.3 Å². The molecule has 1 unspecified atom stereocenters. The first-order valence-electron chi connectivity index (χ1n) is 18.0. The summed E-state index contributed by atoms with van der Waals surface area (Å²) in [5.74, 6) is 1.80. The Morgan fingerprint density at radius 2 is 0.923 bits per heavy atom. The molecule has 0 saturated heterocycles. The van der Waals surface area contributed by atoms with Gasteiger partial charge in [0.15, 0.2) is 11.0 Å². The maximum Gasteiger partial charge on any atom is 0.321 e. The largest absolute Gasteiger partial charge is 0.456 e. The minimum Gasteiger partial charge on any atom is -0.456 e. The lowest BCUT2D eigenvalue weighted by atomic mass is 9.80. The molecule has 3 aliphatic rings. The van der Waals surface area contributed by atoms with E-state index >= 15 is 0 Å². The van der Waals surface area contributed by atoms with Crippen LogP contribution < -0.4 is 13.9 Å². The maximum atomic E-state index is 7.16. The number of nitrogens with zero attached hydrogens (tertiary/aromatic N) is 4. The van der Waals surface area contributed by atoms with Crippen molar-refractivity contribution in [1.82, 2.24) is 8.80 Å². The highest BCUT2D eigenvalue weighted by Gasteiger charge is 2.63. The smallest absolute Gasteiger partial charge is 0.321 e. The number of benzene rings is 6. The highest BCUT2D eigenvalue weighted by molar-refractivity contribution is 6.35. The van der Waals surface area contributed by atoms with Crippen LogP contribution in [0.25, 0.3) is 98.0 Å². The van der Waals surface area contributed by atoms with Crippen LogP contribution in [-0.2, 0) is 5.66 Å². The number of rotatable bonds is 0. The third-order valence-corrected chi connectivity index (χ3v) is 12.8. The molecular formula is C47H24N4O+2. The summed E-state index contributed by atoms with van der Waals surface area (Å²) in [7, 11) is 0. The topological polar surface area (TPSA) is 25.8 Å². The highest BCUT2D eigenvalue weighted by Crippen LogP contribution is 2.56. The molecule has 5 heteroatoms. The highest BCUT2D eigenvalue weighted by atomic mass is 16.5. The van der Waals surface area contributed by atoms with Crippen molar-refractivity contribution in [3.05, 3.63) is 157 Å². The van der Waals surface area contributed by atoms with Crippen LogP contribution in [0.3, 0.4) is 0 Å². The van der Waals surface area contributed by atoms with Gasteiger partial charge in [-0.25, -0.2) is 0 Å². The monoisotopic (exact) mass is 660 g/mol. The van der Waals surface area contributed by atoms with Gasteiger partial charge in [-0.15, -0.1) is 0 Å². The number of pyridine rings is 4. The zero-order valence-corrected chi connectivity index (χ0v) is 27.6.